The van der Waals surface area contributed by atoms with E-state index in [4.69, 9.17) is 9.47 Å². The molecule has 0 atom stereocenters. The van der Waals surface area contributed by atoms with Crippen LogP contribution in [-0.2, 0) is 4.79 Å². The summed E-state index contributed by atoms with van der Waals surface area (Å²) in [4.78, 5) is 23.7. The zero-order chi connectivity index (χ0) is 18.9. The summed E-state index contributed by atoms with van der Waals surface area (Å²) in [5.74, 6) is 0.705. The molecule has 0 fully saturated rings. The molecule has 5 nitrogen and oxygen atoms in total. The van der Waals surface area contributed by atoms with Gasteiger partial charge in [-0.25, -0.2) is 0 Å². The first kappa shape index (κ1) is 20.0. The van der Waals surface area contributed by atoms with Crippen molar-refractivity contribution in [1.29, 1.82) is 0 Å². The van der Waals surface area contributed by atoms with Crippen LogP contribution in [0, 0.1) is 3.57 Å². The first-order chi connectivity index (χ1) is 12.5. The average molecular weight is 465 g/mol. The van der Waals surface area contributed by atoms with Gasteiger partial charge in [-0.15, -0.1) is 0 Å². The highest BCUT2D eigenvalue weighted by atomic mass is 127. The Balaban J connectivity index is 2.07. The number of allylic oxidation sites excluding steroid dienone is 1. The van der Waals surface area contributed by atoms with Gasteiger partial charge in [0, 0.05) is 15.7 Å². The van der Waals surface area contributed by atoms with Crippen molar-refractivity contribution < 1.29 is 19.1 Å². The number of carbonyl (C=O) groups excluding carboxylic acids is 2. The molecule has 136 valence electrons. The lowest BCUT2D eigenvalue weighted by atomic mass is 10.1. The SMILES string of the molecule is CCNC(=O)COc1ccc(/C=C/C(=O)c2ccc(I)cc2)cc1OC. The molecule has 2 aromatic carbocycles. The average Bonchev–Trinajstić information content (AvgIpc) is 2.65. The summed E-state index contributed by atoms with van der Waals surface area (Å²) in [5.41, 5.74) is 1.43. The topological polar surface area (TPSA) is 64.6 Å². The summed E-state index contributed by atoms with van der Waals surface area (Å²) >= 11 is 2.20. The molecule has 0 heterocycles. The Morgan fingerprint density at radius 3 is 2.50 bits per heavy atom. The maximum atomic E-state index is 12.2. The van der Waals surface area contributed by atoms with Crippen molar-refractivity contribution in [3.05, 3.63) is 63.2 Å². The van der Waals surface area contributed by atoms with Crippen molar-refractivity contribution in [1.82, 2.24) is 5.32 Å². The zero-order valence-corrected chi connectivity index (χ0v) is 16.8. The third-order valence-electron chi connectivity index (χ3n) is 3.48. The molecule has 2 aromatic rings. The second-order valence-corrected chi connectivity index (χ2v) is 6.60. The van der Waals surface area contributed by atoms with Crippen LogP contribution in [0.3, 0.4) is 0 Å². The molecule has 0 aromatic heterocycles. The van der Waals surface area contributed by atoms with Gasteiger partial charge >= 0.3 is 0 Å². The summed E-state index contributed by atoms with van der Waals surface area (Å²) < 4.78 is 11.9. The van der Waals surface area contributed by atoms with Gasteiger partial charge in [0.25, 0.3) is 5.91 Å². The highest BCUT2D eigenvalue weighted by Gasteiger charge is 2.08. The van der Waals surface area contributed by atoms with Crippen LogP contribution < -0.4 is 14.8 Å². The molecular weight excluding hydrogens is 445 g/mol. The molecule has 1 N–H and O–H groups in total. The van der Waals surface area contributed by atoms with E-state index in [0.29, 0.717) is 23.6 Å². The van der Waals surface area contributed by atoms with Crippen LogP contribution in [0.4, 0.5) is 0 Å². The fraction of sp³-hybridized carbons (Fsp3) is 0.200. The summed E-state index contributed by atoms with van der Waals surface area (Å²) in [6.07, 6.45) is 3.24. The number of halogens is 1. The van der Waals surface area contributed by atoms with E-state index in [1.165, 1.54) is 13.2 Å². The van der Waals surface area contributed by atoms with E-state index in [0.717, 1.165) is 9.13 Å². The van der Waals surface area contributed by atoms with Crippen LogP contribution >= 0.6 is 22.6 Å². The Morgan fingerprint density at radius 1 is 1.12 bits per heavy atom. The monoisotopic (exact) mass is 465 g/mol. The largest absolute Gasteiger partial charge is 0.493 e. The number of methoxy groups -OCH3 is 1. The van der Waals surface area contributed by atoms with Gasteiger partial charge in [-0.2, -0.15) is 0 Å². The lowest BCUT2D eigenvalue weighted by Gasteiger charge is -2.11. The Hall–Kier alpha value is -2.35. The Morgan fingerprint density at radius 2 is 1.85 bits per heavy atom. The van der Waals surface area contributed by atoms with Crippen LogP contribution in [-0.4, -0.2) is 32.0 Å². The minimum absolute atomic E-state index is 0.0723. The molecule has 0 aliphatic carbocycles. The van der Waals surface area contributed by atoms with E-state index < -0.39 is 0 Å². The molecule has 0 radical (unpaired) electrons. The fourth-order valence-electron chi connectivity index (χ4n) is 2.18. The molecule has 0 aliphatic heterocycles. The van der Waals surface area contributed by atoms with Crippen LogP contribution in [0.25, 0.3) is 6.08 Å². The van der Waals surface area contributed by atoms with Gasteiger partial charge in [-0.05, 0) is 65.4 Å². The number of likely N-dealkylation sites (N-methyl/N-ethyl adjacent to an activating group) is 1. The van der Waals surface area contributed by atoms with Crippen LogP contribution in [0.5, 0.6) is 11.5 Å². The molecule has 0 aliphatic rings. The van der Waals surface area contributed by atoms with E-state index in [2.05, 4.69) is 27.9 Å². The maximum Gasteiger partial charge on any atom is 0.257 e. The lowest BCUT2D eigenvalue weighted by molar-refractivity contribution is -0.123. The van der Waals surface area contributed by atoms with Crippen molar-refractivity contribution >= 4 is 40.4 Å². The van der Waals surface area contributed by atoms with Crippen LogP contribution in [0.15, 0.2) is 48.5 Å². The van der Waals surface area contributed by atoms with Crippen LogP contribution in [0.1, 0.15) is 22.8 Å². The van der Waals surface area contributed by atoms with Gasteiger partial charge < -0.3 is 14.8 Å². The smallest absolute Gasteiger partial charge is 0.257 e. The molecule has 26 heavy (non-hydrogen) atoms. The van der Waals surface area contributed by atoms with Gasteiger partial charge in [0.05, 0.1) is 7.11 Å². The van der Waals surface area contributed by atoms with E-state index in [1.807, 2.05) is 19.1 Å². The Bertz CT molecular complexity index is 800. The number of nitrogens with one attached hydrogen (secondary N) is 1. The second-order valence-electron chi connectivity index (χ2n) is 5.36. The molecule has 0 saturated heterocycles. The van der Waals surface area contributed by atoms with E-state index in [1.54, 1.807) is 36.4 Å². The van der Waals surface area contributed by atoms with E-state index >= 15 is 0 Å². The predicted octanol–water partition coefficient (Wildman–Crippen LogP) is 3.71. The molecule has 2 rings (SSSR count). The highest BCUT2D eigenvalue weighted by molar-refractivity contribution is 14.1. The molecule has 0 bridgehead atoms. The molecule has 1 amide bonds. The molecular formula is C20H20INO4. The number of ether oxygens (including phenoxy) is 2. The van der Waals surface area contributed by atoms with E-state index in [-0.39, 0.29) is 18.3 Å². The van der Waals surface area contributed by atoms with Crippen molar-refractivity contribution in [3.8, 4) is 11.5 Å². The Kier molecular flexibility index (Phi) is 7.65. The predicted molar refractivity (Wildman–Crippen MR) is 110 cm³/mol. The van der Waals surface area contributed by atoms with Gasteiger partial charge in [0.15, 0.2) is 23.9 Å². The standard InChI is InChI=1S/C20H20INO4/c1-3-22-20(24)13-26-18-11-5-14(12-19(18)25-2)4-10-17(23)15-6-8-16(21)9-7-15/h4-12H,3,13H2,1-2H3,(H,22,24)/b10-4+. The number of benzene rings is 2. The van der Waals surface area contributed by atoms with E-state index in [9.17, 15) is 9.59 Å². The summed E-state index contributed by atoms with van der Waals surface area (Å²) in [6, 6.07) is 12.7. The second kappa shape index (κ2) is 9.96. The minimum Gasteiger partial charge on any atom is -0.493 e. The van der Waals surface area contributed by atoms with Gasteiger partial charge in [0.1, 0.15) is 0 Å². The molecule has 0 unspecified atom stereocenters. The third kappa shape index (κ3) is 5.87. The normalized spacial score (nSPS) is 10.6. The van der Waals surface area contributed by atoms with Crippen molar-refractivity contribution in [3.63, 3.8) is 0 Å². The number of amides is 1. The summed E-state index contributed by atoms with van der Waals surface area (Å²) in [6.45, 7) is 2.32. The highest BCUT2D eigenvalue weighted by Crippen LogP contribution is 2.28. The van der Waals surface area contributed by atoms with Crippen molar-refractivity contribution in [2.45, 2.75) is 6.92 Å². The number of carbonyl (C=O) groups is 2. The molecule has 0 saturated carbocycles. The van der Waals surface area contributed by atoms with Crippen molar-refractivity contribution in [2.24, 2.45) is 0 Å². The molecule has 6 heteroatoms. The quantitative estimate of drug-likeness (QED) is 0.367. The number of ketones is 1. The number of hydrogen-bond donors (Lipinski definition) is 1. The number of rotatable bonds is 8. The van der Waals surface area contributed by atoms with Gasteiger partial charge in [0.2, 0.25) is 0 Å². The Labute approximate surface area is 166 Å². The zero-order valence-electron chi connectivity index (χ0n) is 14.6. The fourth-order valence-corrected chi connectivity index (χ4v) is 2.54. The van der Waals surface area contributed by atoms with Gasteiger partial charge in [-0.3, -0.25) is 9.59 Å². The summed E-state index contributed by atoms with van der Waals surface area (Å²) in [7, 11) is 1.53. The van der Waals surface area contributed by atoms with Crippen molar-refractivity contribution in [2.75, 3.05) is 20.3 Å². The first-order valence-corrected chi connectivity index (χ1v) is 9.17. The first-order valence-electron chi connectivity index (χ1n) is 8.09. The van der Waals surface area contributed by atoms with Gasteiger partial charge in [-0.1, -0.05) is 24.3 Å². The number of hydrogen-bond acceptors (Lipinski definition) is 4. The molecule has 0 spiro atoms. The maximum absolute atomic E-state index is 12.2. The van der Waals surface area contributed by atoms with Crippen LogP contribution in [0.2, 0.25) is 0 Å². The minimum atomic E-state index is -0.193. The lowest BCUT2D eigenvalue weighted by Crippen LogP contribution is -2.28. The summed E-state index contributed by atoms with van der Waals surface area (Å²) in [5, 5.41) is 2.66. The third-order valence-corrected chi connectivity index (χ3v) is 4.20.